The molecule has 0 saturated carbocycles. The van der Waals surface area contributed by atoms with Gasteiger partial charge >= 0.3 is 0 Å². The van der Waals surface area contributed by atoms with E-state index >= 15 is 0 Å². The maximum absolute atomic E-state index is 12.1. The highest BCUT2D eigenvalue weighted by atomic mass is 32.2. The van der Waals surface area contributed by atoms with Gasteiger partial charge in [-0.3, -0.25) is 4.79 Å². The van der Waals surface area contributed by atoms with Gasteiger partial charge in [-0.05, 0) is 32.4 Å². The van der Waals surface area contributed by atoms with E-state index in [4.69, 9.17) is 0 Å². The minimum atomic E-state index is -4.15. The van der Waals surface area contributed by atoms with Gasteiger partial charge < -0.3 is 4.84 Å². The van der Waals surface area contributed by atoms with Gasteiger partial charge in [0.2, 0.25) is 5.91 Å². The summed E-state index contributed by atoms with van der Waals surface area (Å²) < 4.78 is 26.0. The normalized spacial score (nSPS) is 11.8. The molecule has 0 saturated heterocycles. The smallest absolute Gasteiger partial charge is 0.294 e. The van der Waals surface area contributed by atoms with Crippen molar-refractivity contribution in [2.24, 2.45) is 5.41 Å². The maximum atomic E-state index is 12.1. The van der Waals surface area contributed by atoms with Gasteiger partial charge in [-0.15, -0.1) is 10.1 Å². The van der Waals surface area contributed by atoms with Gasteiger partial charge in [0, 0.05) is 6.20 Å². The molecule has 0 aliphatic rings. The van der Waals surface area contributed by atoms with Crippen molar-refractivity contribution in [2.75, 3.05) is 6.61 Å². The summed E-state index contributed by atoms with van der Waals surface area (Å²) in [6, 6.07) is 3.10. The van der Waals surface area contributed by atoms with Crippen molar-refractivity contribution in [3.05, 3.63) is 34.0 Å². The lowest BCUT2D eigenvalue weighted by Crippen LogP contribution is -2.43. The zero-order valence-electron chi connectivity index (χ0n) is 11.7. The molecular formula is C11H15N3O6S. The monoisotopic (exact) mass is 317 g/mol. The van der Waals surface area contributed by atoms with E-state index in [-0.39, 0.29) is 5.03 Å². The Bertz CT molecular complexity index is 656. The lowest BCUT2D eigenvalue weighted by atomic mass is 9.94. The molecule has 116 valence electrons. The number of hydrogen-bond donors (Lipinski definition) is 1. The molecule has 1 aromatic rings. The van der Waals surface area contributed by atoms with Crippen molar-refractivity contribution in [2.45, 2.75) is 25.8 Å². The Balaban J connectivity index is 2.92. The van der Waals surface area contributed by atoms with Gasteiger partial charge in [0.05, 0.1) is 5.41 Å². The van der Waals surface area contributed by atoms with Crippen LogP contribution in [0.1, 0.15) is 19.4 Å². The fraction of sp³-hybridized carbons (Fsp3) is 0.455. The van der Waals surface area contributed by atoms with Crippen LogP contribution in [-0.2, 0) is 19.7 Å². The molecule has 0 radical (unpaired) electrons. The predicted octanol–water partition coefficient (Wildman–Crippen LogP) is 0.429. The molecular weight excluding hydrogens is 302 g/mol. The average Bonchev–Trinajstić information content (AvgIpc) is 2.36. The Morgan fingerprint density at radius 1 is 1.52 bits per heavy atom. The number of carbonyl (C=O) groups is 1. The van der Waals surface area contributed by atoms with Crippen LogP contribution in [0.2, 0.25) is 0 Å². The number of aryl methyl sites for hydroxylation is 1. The average molecular weight is 317 g/mol. The van der Waals surface area contributed by atoms with Crippen molar-refractivity contribution in [3.63, 3.8) is 0 Å². The first-order valence-electron chi connectivity index (χ1n) is 5.82. The fourth-order valence-electron chi connectivity index (χ4n) is 1.34. The fourth-order valence-corrected chi connectivity index (χ4v) is 2.65. The highest BCUT2D eigenvalue weighted by Crippen LogP contribution is 2.18. The molecule has 10 heteroatoms. The predicted molar refractivity (Wildman–Crippen MR) is 71.0 cm³/mol. The van der Waals surface area contributed by atoms with E-state index in [1.807, 2.05) is 4.72 Å². The number of nitrogens with zero attached hydrogens (tertiary/aromatic N) is 2. The van der Waals surface area contributed by atoms with Crippen LogP contribution in [0.4, 0.5) is 0 Å². The Labute approximate surface area is 121 Å². The van der Waals surface area contributed by atoms with Crippen LogP contribution >= 0.6 is 0 Å². The van der Waals surface area contributed by atoms with Crippen molar-refractivity contribution >= 4 is 15.9 Å². The summed E-state index contributed by atoms with van der Waals surface area (Å²) in [5, 5.41) is 8.82. The van der Waals surface area contributed by atoms with Crippen molar-refractivity contribution in [3.8, 4) is 0 Å². The molecule has 0 aromatic carbocycles. The largest absolute Gasteiger partial charge is 0.313 e. The zero-order chi connectivity index (χ0) is 16.3. The van der Waals surface area contributed by atoms with E-state index in [1.165, 1.54) is 33.0 Å². The van der Waals surface area contributed by atoms with E-state index in [9.17, 15) is 23.3 Å². The first-order valence-corrected chi connectivity index (χ1v) is 7.31. The number of sulfonamides is 1. The Hall–Kier alpha value is -2.23. The zero-order valence-corrected chi connectivity index (χ0v) is 12.5. The molecule has 1 aromatic heterocycles. The van der Waals surface area contributed by atoms with Crippen LogP contribution in [0.3, 0.4) is 0 Å². The topological polar surface area (TPSA) is 128 Å². The summed E-state index contributed by atoms with van der Waals surface area (Å²) in [4.78, 5) is 29.9. The number of hydrogen-bond acceptors (Lipinski definition) is 7. The molecule has 21 heavy (non-hydrogen) atoms. The molecule has 0 bridgehead atoms. The molecule has 0 aliphatic carbocycles. The summed E-state index contributed by atoms with van der Waals surface area (Å²) in [6.07, 6.45) is 1.28. The Kier molecular flexibility index (Phi) is 4.84. The van der Waals surface area contributed by atoms with E-state index < -0.39 is 33.0 Å². The van der Waals surface area contributed by atoms with E-state index in [0.29, 0.717) is 5.56 Å². The summed E-state index contributed by atoms with van der Waals surface area (Å²) in [6.45, 7) is 3.62. The third-order valence-electron chi connectivity index (χ3n) is 2.59. The molecule has 1 rings (SSSR count). The first-order chi connectivity index (χ1) is 9.56. The minimum Gasteiger partial charge on any atom is -0.313 e. The molecule has 1 heterocycles. The highest BCUT2D eigenvalue weighted by Gasteiger charge is 2.33. The van der Waals surface area contributed by atoms with Crippen LogP contribution in [0.15, 0.2) is 23.4 Å². The molecule has 1 amide bonds. The SMILES string of the molecule is Cc1cccnc1S(=O)(=O)NC(=O)C(C)(C)CO[N+](=O)[O-]. The van der Waals surface area contributed by atoms with Gasteiger partial charge in [0.15, 0.2) is 5.03 Å². The number of carbonyl (C=O) groups excluding carboxylic acids is 1. The summed E-state index contributed by atoms with van der Waals surface area (Å²) >= 11 is 0. The van der Waals surface area contributed by atoms with Crippen molar-refractivity contribution < 1.29 is 23.1 Å². The quantitative estimate of drug-likeness (QED) is 0.595. The minimum absolute atomic E-state index is 0.274. The standard InChI is InChI=1S/C11H15N3O6S/c1-8-5-4-6-12-9(8)21(18,19)13-10(15)11(2,3)7-20-14(16)17/h4-6H,7H2,1-3H3,(H,13,15). The molecule has 0 fully saturated rings. The second-order valence-corrected chi connectivity index (χ2v) is 6.54. The molecule has 0 atom stereocenters. The van der Waals surface area contributed by atoms with Gasteiger partial charge in [0.1, 0.15) is 6.61 Å². The Morgan fingerprint density at radius 2 is 2.14 bits per heavy atom. The van der Waals surface area contributed by atoms with Crippen LogP contribution in [-0.4, -0.2) is 31.0 Å². The molecule has 9 nitrogen and oxygen atoms in total. The molecule has 1 N–H and O–H groups in total. The third kappa shape index (κ3) is 4.38. The van der Waals surface area contributed by atoms with Gasteiger partial charge in [-0.25, -0.2) is 9.71 Å². The lowest BCUT2D eigenvalue weighted by molar-refractivity contribution is -0.760. The second kappa shape index (κ2) is 6.04. The second-order valence-electron chi connectivity index (χ2n) is 4.94. The number of amides is 1. The Morgan fingerprint density at radius 3 is 2.67 bits per heavy atom. The highest BCUT2D eigenvalue weighted by molar-refractivity contribution is 7.90. The maximum Gasteiger partial charge on any atom is 0.294 e. The number of aromatic nitrogens is 1. The van der Waals surface area contributed by atoms with E-state index in [1.54, 1.807) is 6.07 Å². The van der Waals surface area contributed by atoms with E-state index in [0.717, 1.165) is 0 Å². The molecule has 0 spiro atoms. The van der Waals surface area contributed by atoms with Crippen molar-refractivity contribution in [1.82, 2.24) is 9.71 Å². The van der Waals surface area contributed by atoms with Gasteiger partial charge in [0.25, 0.3) is 15.1 Å². The molecule has 0 unspecified atom stereocenters. The van der Waals surface area contributed by atoms with E-state index in [2.05, 4.69) is 9.82 Å². The summed E-state index contributed by atoms with van der Waals surface area (Å²) in [7, 11) is -4.15. The van der Waals surface area contributed by atoms with Crippen LogP contribution in [0.5, 0.6) is 0 Å². The van der Waals surface area contributed by atoms with Crippen LogP contribution in [0, 0.1) is 22.5 Å². The number of pyridine rings is 1. The lowest BCUT2D eigenvalue weighted by Gasteiger charge is -2.21. The van der Waals surface area contributed by atoms with Crippen LogP contribution < -0.4 is 4.72 Å². The number of nitrogens with one attached hydrogen (secondary N) is 1. The third-order valence-corrected chi connectivity index (χ3v) is 3.98. The summed E-state index contributed by atoms with van der Waals surface area (Å²) in [5.41, 5.74) is -1.03. The van der Waals surface area contributed by atoms with Gasteiger partial charge in [-0.1, -0.05) is 6.07 Å². The first kappa shape index (κ1) is 16.8. The van der Waals surface area contributed by atoms with Crippen LogP contribution in [0.25, 0.3) is 0 Å². The summed E-state index contributed by atoms with van der Waals surface area (Å²) in [5.74, 6) is -0.922. The molecule has 0 aliphatic heterocycles. The van der Waals surface area contributed by atoms with Gasteiger partial charge in [-0.2, -0.15) is 8.42 Å². The van der Waals surface area contributed by atoms with Crippen molar-refractivity contribution in [1.29, 1.82) is 0 Å². The number of rotatable bonds is 6.